The minimum Gasteiger partial charge on any atom is -0.343 e. The Balaban J connectivity index is 4.84. The van der Waals surface area contributed by atoms with Gasteiger partial charge in [-0.25, -0.2) is 0 Å². The molecule has 0 aromatic carbocycles. The maximum atomic E-state index is 12.8. The third kappa shape index (κ3) is 13.1. The van der Waals surface area contributed by atoms with Gasteiger partial charge in [-0.1, -0.05) is 55.4 Å². The highest BCUT2D eigenvalue weighted by Crippen LogP contribution is 2.42. The fourth-order valence-corrected chi connectivity index (χ4v) is 4.92. The lowest BCUT2D eigenvalue weighted by Gasteiger charge is -2.32. The second kappa shape index (κ2) is 10.9. The first-order valence-electron chi connectivity index (χ1n) is 9.16. The van der Waals surface area contributed by atoms with Crippen LogP contribution in [0.15, 0.2) is 0 Å². The van der Waals surface area contributed by atoms with Crippen molar-refractivity contribution in [1.82, 2.24) is 9.80 Å². The van der Waals surface area contributed by atoms with E-state index in [1.54, 1.807) is 0 Å². The van der Waals surface area contributed by atoms with Crippen LogP contribution in [0.1, 0.15) is 55.4 Å². The second-order valence-electron chi connectivity index (χ2n) is 8.78. The monoisotopic (exact) mass is 348 g/mol. The van der Waals surface area contributed by atoms with Crippen LogP contribution in [0.25, 0.3) is 0 Å². The average Bonchev–Trinajstić information content (AvgIpc) is 2.22. The number of rotatable bonds is 12. The fraction of sp³-hybridized carbons (Fsp3) is 1.00. The molecule has 0 radical (unpaired) electrons. The summed E-state index contributed by atoms with van der Waals surface area (Å²) in [6.07, 6.45) is 0.631. The number of nitrogens with zero attached hydrogens (tertiary/aromatic N) is 2. The highest BCUT2D eigenvalue weighted by Gasteiger charge is 2.27. The lowest BCUT2D eigenvalue weighted by Crippen LogP contribution is -2.36. The lowest BCUT2D eigenvalue weighted by molar-refractivity contribution is 0.224. The van der Waals surface area contributed by atoms with Gasteiger partial charge in [0, 0.05) is 26.2 Å². The standard InChI is InChI=1S/C18H41N2O2P/c1-15(2)9-19(10-16(3)4)13-23(21,22)14-20(11-17(5)6)12-18(7)8/h15-18H,9-14H2,1-8H3,(H,21,22). The molecule has 0 aliphatic carbocycles. The molecule has 0 spiro atoms. The van der Waals surface area contributed by atoms with Crippen molar-refractivity contribution in [2.24, 2.45) is 23.7 Å². The predicted molar refractivity (Wildman–Crippen MR) is 102 cm³/mol. The van der Waals surface area contributed by atoms with Gasteiger partial charge in [0.1, 0.15) is 0 Å². The first-order chi connectivity index (χ1) is 10.4. The molecule has 0 aliphatic rings. The number of hydrogen-bond donors (Lipinski definition) is 1. The van der Waals surface area contributed by atoms with Crippen LogP contribution < -0.4 is 0 Å². The van der Waals surface area contributed by atoms with Gasteiger partial charge < -0.3 is 4.89 Å². The molecule has 0 aromatic heterocycles. The molecule has 0 aromatic rings. The molecule has 23 heavy (non-hydrogen) atoms. The molecule has 0 rings (SSSR count). The van der Waals surface area contributed by atoms with E-state index in [4.69, 9.17) is 0 Å². The Morgan fingerprint density at radius 1 is 0.652 bits per heavy atom. The smallest absolute Gasteiger partial charge is 0.227 e. The molecule has 140 valence electrons. The normalized spacial score (nSPS) is 13.5. The van der Waals surface area contributed by atoms with E-state index in [2.05, 4.69) is 65.2 Å². The van der Waals surface area contributed by atoms with Crippen LogP contribution >= 0.6 is 7.37 Å². The fourth-order valence-electron chi connectivity index (χ4n) is 3.12. The highest BCUT2D eigenvalue weighted by atomic mass is 31.2. The van der Waals surface area contributed by atoms with Crippen molar-refractivity contribution < 1.29 is 9.46 Å². The summed E-state index contributed by atoms with van der Waals surface area (Å²) in [4.78, 5) is 14.9. The van der Waals surface area contributed by atoms with E-state index >= 15 is 0 Å². The third-order valence-electron chi connectivity index (χ3n) is 3.34. The molecule has 0 atom stereocenters. The zero-order chi connectivity index (χ0) is 18.2. The van der Waals surface area contributed by atoms with Crippen LogP contribution in [0.5, 0.6) is 0 Å². The van der Waals surface area contributed by atoms with E-state index < -0.39 is 7.37 Å². The van der Waals surface area contributed by atoms with Crippen LogP contribution in [0.2, 0.25) is 0 Å². The van der Waals surface area contributed by atoms with Gasteiger partial charge >= 0.3 is 0 Å². The molecule has 0 fully saturated rings. The second-order valence-corrected chi connectivity index (χ2v) is 11.0. The Morgan fingerprint density at radius 2 is 0.870 bits per heavy atom. The van der Waals surface area contributed by atoms with E-state index in [1.807, 2.05) is 0 Å². The predicted octanol–water partition coefficient (Wildman–Crippen LogP) is 4.40. The van der Waals surface area contributed by atoms with E-state index in [9.17, 15) is 9.46 Å². The van der Waals surface area contributed by atoms with Gasteiger partial charge in [-0.2, -0.15) is 0 Å². The van der Waals surface area contributed by atoms with Crippen LogP contribution in [0, 0.1) is 23.7 Å². The van der Waals surface area contributed by atoms with Crippen molar-refractivity contribution >= 4 is 7.37 Å². The molecule has 0 saturated carbocycles. The zero-order valence-corrected chi connectivity index (χ0v) is 17.6. The van der Waals surface area contributed by atoms with Gasteiger partial charge in [-0.3, -0.25) is 14.4 Å². The van der Waals surface area contributed by atoms with Crippen molar-refractivity contribution in [3.05, 3.63) is 0 Å². The largest absolute Gasteiger partial charge is 0.343 e. The molecule has 0 aliphatic heterocycles. The maximum absolute atomic E-state index is 12.8. The molecule has 5 heteroatoms. The summed E-state index contributed by atoms with van der Waals surface area (Å²) in [5.74, 6) is 2.04. The SMILES string of the molecule is CC(C)CN(CC(C)C)CP(=O)(O)CN(CC(C)C)CC(C)C. The molecule has 0 unspecified atom stereocenters. The average molecular weight is 349 g/mol. The quantitative estimate of drug-likeness (QED) is 0.531. The lowest BCUT2D eigenvalue weighted by atomic mass is 10.1. The van der Waals surface area contributed by atoms with Crippen molar-refractivity contribution in [3.8, 4) is 0 Å². The Hall–Kier alpha value is 0.110. The summed E-state index contributed by atoms with van der Waals surface area (Å²) in [6.45, 7) is 20.9. The first kappa shape index (κ1) is 23.1. The first-order valence-corrected chi connectivity index (χ1v) is 11.2. The van der Waals surface area contributed by atoms with Crippen molar-refractivity contribution in [1.29, 1.82) is 0 Å². The van der Waals surface area contributed by atoms with Crippen molar-refractivity contribution in [3.63, 3.8) is 0 Å². The van der Waals surface area contributed by atoms with Gasteiger partial charge in [0.25, 0.3) is 0 Å². The Kier molecular flexibility index (Phi) is 10.9. The molecule has 0 saturated heterocycles. The summed E-state index contributed by atoms with van der Waals surface area (Å²) in [6, 6.07) is 0. The Morgan fingerprint density at radius 3 is 1.04 bits per heavy atom. The molecule has 0 heterocycles. The topological polar surface area (TPSA) is 43.8 Å². The van der Waals surface area contributed by atoms with Crippen LogP contribution in [0.3, 0.4) is 0 Å². The van der Waals surface area contributed by atoms with Gasteiger partial charge in [0.15, 0.2) is 0 Å². The third-order valence-corrected chi connectivity index (χ3v) is 5.02. The van der Waals surface area contributed by atoms with Crippen LogP contribution in [-0.2, 0) is 4.57 Å². The van der Waals surface area contributed by atoms with Crippen molar-refractivity contribution in [2.45, 2.75) is 55.4 Å². The Bertz CT molecular complexity index is 307. The van der Waals surface area contributed by atoms with E-state index in [1.165, 1.54) is 0 Å². The zero-order valence-electron chi connectivity index (χ0n) is 16.7. The minimum absolute atomic E-state index is 0.316. The highest BCUT2D eigenvalue weighted by molar-refractivity contribution is 7.57. The molecular formula is C18H41N2O2P. The van der Waals surface area contributed by atoms with Crippen molar-refractivity contribution in [2.75, 3.05) is 38.8 Å². The summed E-state index contributed by atoms with van der Waals surface area (Å²) >= 11 is 0. The molecule has 1 N–H and O–H groups in total. The van der Waals surface area contributed by atoms with Crippen LogP contribution in [0.4, 0.5) is 0 Å². The molecule has 0 amide bonds. The molecular weight excluding hydrogens is 307 g/mol. The van der Waals surface area contributed by atoms with Crippen LogP contribution in [-0.4, -0.2) is 53.4 Å². The maximum Gasteiger partial charge on any atom is 0.227 e. The minimum atomic E-state index is -3.18. The van der Waals surface area contributed by atoms with Gasteiger partial charge in [0.2, 0.25) is 7.37 Å². The molecule has 0 bridgehead atoms. The summed E-state index contributed by atoms with van der Waals surface area (Å²) < 4.78 is 12.8. The Labute approximate surface area is 145 Å². The van der Waals surface area contributed by atoms with E-state index in [-0.39, 0.29) is 0 Å². The van der Waals surface area contributed by atoms with Gasteiger partial charge in [-0.15, -0.1) is 0 Å². The van der Waals surface area contributed by atoms with Gasteiger partial charge in [-0.05, 0) is 23.7 Å². The summed E-state index contributed by atoms with van der Waals surface area (Å²) in [5, 5.41) is 0. The summed E-state index contributed by atoms with van der Waals surface area (Å²) in [5.41, 5.74) is 0. The van der Waals surface area contributed by atoms with E-state index in [0.717, 1.165) is 26.2 Å². The number of hydrogen-bond acceptors (Lipinski definition) is 3. The summed E-state index contributed by atoms with van der Waals surface area (Å²) in [7, 11) is -3.18. The molecule has 4 nitrogen and oxygen atoms in total. The van der Waals surface area contributed by atoms with E-state index in [0.29, 0.717) is 36.2 Å². The van der Waals surface area contributed by atoms with Gasteiger partial charge in [0.05, 0.1) is 12.6 Å².